The van der Waals surface area contributed by atoms with Crippen molar-refractivity contribution < 1.29 is 56.1 Å². The monoisotopic (exact) mass is 517 g/mol. The summed E-state index contributed by atoms with van der Waals surface area (Å²) >= 11 is 0. The van der Waals surface area contributed by atoms with Crippen LogP contribution in [0.4, 0.5) is 26.3 Å². The molecule has 0 aliphatic carbocycles. The highest BCUT2D eigenvalue weighted by molar-refractivity contribution is 8.05. The van der Waals surface area contributed by atoms with E-state index in [4.69, 9.17) is 4.55 Å². The van der Waals surface area contributed by atoms with Crippen LogP contribution < -0.4 is 4.13 Å². The Morgan fingerprint density at radius 3 is 1.53 bits per heavy atom. The summed E-state index contributed by atoms with van der Waals surface area (Å²) in [5, 5.41) is 0. The first kappa shape index (κ1) is 29.3. The standard InChI is InChI=1S/C9H20N2O3S.C2HF6NO4S2/c1-10-5-7-11(8-6-10)4-2-3-9-15(12,13)14;3-1(4,5)14(10,11)9-15(12,13)2(6,7)8/h2-9H2,1H3,(H,12,13,14);9H. The summed E-state index contributed by atoms with van der Waals surface area (Å²) in [7, 11) is -14.8. The molecule has 1 fully saturated rings. The lowest BCUT2D eigenvalue weighted by molar-refractivity contribution is -0.0476. The fraction of sp³-hybridized carbons (Fsp3) is 1.00. The zero-order valence-corrected chi connectivity index (χ0v) is 17.9. The third-order valence-electron chi connectivity index (χ3n) is 3.55. The molecular formula is C11H21F6N3O7S3. The number of halogens is 6. The topological polar surface area (TPSA) is 141 Å². The zero-order valence-electron chi connectivity index (χ0n) is 15.4. The summed E-state index contributed by atoms with van der Waals surface area (Å²) in [5.74, 6) is -0.110. The van der Waals surface area contributed by atoms with E-state index in [2.05, 4.69) is 16.8 Å². The number of hydrogen-bond acceptors (Lipinski definition) is 8. The summed E-state index contributed by atoms with van der Waals surface area (Å²) in [6, 6.07) is 0. The Kier molecular flexibility index (Phi) is 10.5. The van der Waals surface area contributed by atoms with Crippen LogP contribution in [0.15, 0.2) is 0 Å². The number of unbranched alkanes of at least 4 members (excludes halogenated alkanes) is 1. The molecule has 0 aromatic heterocycles. The second-order valence-corrected chi connectivity index (χ2v) is 11.3. The first-order chi connectivity index (χ1) is 13.2. The van der Waals surface area contributed by atoms with Crippen molar-refractivity contribution in [3.05, 3.63) is 0 Å². The predicted octanol–water partition coefficient (Wildman–Crippen LogP) is 0.177. The van der Waals surface area contributed by atoms with Crippen LogP contribution in [0.1, 0.15) is 12.8 Å². The summed E-state index contributed by atoms with van der Waals surface area (Å²) < 4.78 is 138. The van der Waals surface area contributed by atoms with Gasteiger partial charge >= 0.3 is 31.1 Å². The molecule has 19 heteroatoms. The highest BCUT2D eigenvalue weighted by Gasteiger charge is 2.55. The molecule has 182 valence electrons. The Hall–Kier alpha value is -0.730. The lowest BCUT2D eigenvalue weighted by Crippen LogP contribution is -2.45. The number of nitrogens with one attached hydrogen (secondary N) is 1. The molecule has 0 amide bonds. The van der Waals surface area contributed by atoms with E-state index in [0.29, 0.717) is 6.42 Å². The largest absolute Gasteiger partial charge is 0.512 e. The smallest absolute Gasteiger partial charge is 0.304 e. The minimum absolute atomic E-state index is 0.110. The van der Waals surface area contributed by atoms with Gasteiger partial charge in [-0.2, -0.15) is 34.8 Å². The fourth-order valence-electron chi connectivity index (χ4n) is 1.93. The molecule has 0 unspecified atom stereocenters. The van der Waals surface area contributed by atoms with E-state index in [0.717, 1.165) is 39.1 Å². The lowest BCUT2D eigenvalue weighted by atomic mass is 10.2. The van der Waals surface area contributed by atoms with Crippen molar-refractivity contribution in [1.29, 1.82) is 0 Å². The van der Waals surface area contributed by atoms with Gasteiger partial charge in [-0.3, -0.25) is 4.55 Å². The van der Waals surface area contributed by atoms with Gasteiger partial charge in [-0.1, -0.05) is 4.13 Å². The Labute approximate surface area is 170 Å². The van der Waals surface area contributed by atoms with Gasteiger partial charge in [-0.15, -0.1) is 0 Å². The molecule has 1 rings (SSSR count). The van der Waals surface area contributed by atoms with Gasteiger partial charge in [-0.05, 0) is 26.4 Å². The Morgan fingerprint density at radius 1 is 0.800 bits per heavy atom. The highest BCUT2D eigenvalue weighted by atomic mass is 32.3. The predicted molar refractivity (Wildman–Crippen MR) is 92.7 cm³/mol. The average molecular weight is 517 g/mol. The number of sulfonamides is 2. The Balaban J connectivity index is 0.000000561. The quantitative estimate of drug-likeness (QED) is 0.275. The average Bonchev–Trinajstić information content (AvgIpc) is 2.50. The van der Waals surface area contributed by atoms with Crippen LogP contribution in [-0.4, -0.2) is 96.1 Å². The SMILES string of the molecule is CN1CCN(CCCCS(=O)(=O)O)CC1.O=S(=O)(NS(=O)(=O)C(F)(F)F)C(F)(F)F. The summed E-state index contributed by atoms with van der Waals surface area (Å²) in [6.45, 7) is 5.21. The van der Waals surface area contributed by atoms with E-state index < -0.39 is 45.3 Å². The third kappa shape index (κ3) is 11.0. The van der Waals surface area contributed by atoms with Crippen LogP contribution in [0.3, 0.4) is 0 Å². The van der Waals surface area contributed by atoms with Crippen LogP contribution in [-0.2, 0) is 30.2 Å². The molecule has 1 aliphatic heterocycles. The van der Waals surface area contributed by atoms with Crippen LogP contribution in [0.2, 0.25) is 0 Å². The maximum atomic E-state index is 11.5. The fourth-order valence-corrected chi connectivity index (χ4v) is 4.41. The molecule has 30 heavy (non-hydrogen) atoms. The molecule has 0 saturated carbocycles. The molecule has 2 N–H and O–H groups in total. The molecule has 0 aromatic carbocycles. The van der Waals surface area contributed by atoms with Crippen molar-refractivity contribution in [2.45, 2.75) is 23.9 Å². The van der Waals surface area contributed by atoms with Crippen molar-refractivity contribution in [2.75, 3.05) is 45.5 Å². The van der Waals surface area contributed by atoms with Crippen molar-refractivity contribution in [3.8, 4) is 0 Å². The Morgan fingerprint density at radius 2 is 1.20 bits per heavy atom. The van der Waals surface area contributed by atoms with Gasteiger partial charge in [0.1, 0.15) is 0 Å². The molecule has 1 aliphatic rings. The third-order valence-corrected chi connectivity index (χ3v) is 7.33. The van der Waals surface area contributed by atoms with Gasteiger partial charge < -0.3 is 9.80 Å². The van der Waals surface area contributed by atoms with Crippen molar-refractivity contribution in [1.82, 2.24) is 13.9 Å². The summed E-state index contributed by atoms with van der Waals surface area (Å²) in [5.41, 5.74) is -12.3. The van der Waals surface area contributed by atoms with Crippen LogP contribution in [0, 0.1) is 0 Å². The molecule has 10 nitrogen and oxygen atoms in total. The van der Waals surface area contributed by atoms with Gasteiger partial charge in [-0.25, -0.2) is 16.8 Å². The zero-order chi connectivity index (χ0) is 24.0. The number of piperazine rings is 1. The molecule has 0 spiro atoms. The van der Waals surface area contributed by atoms with E-state index >= 15 is 0 Å². The number of nitrogens with zero attached hydrogens (tertiary/aromatic N) is 2. The number of rotatable bonds is 7. The van der Waals surface area contributed by atoms with E-state index in [1.807, 2.05) is 0 Å². The molecule has 0 aromatic rings. The molecule has 1 saturated heterocycles. The van der Waals surface area contributed by atoms with E-state index in [-0.39, 0.29) is 5.75 Å². The molecule has 0 bridgehead atoms. The van der Waals surface area contributed by atoms with Gasteiger partial charge in [0.25, 0.3) is 10.1 Å². The molecule has 0 radical (unpaired) electrons. The minimum Gasteiger partial charge on any atom is -0.304 e. The van der Waals surface area contributed by atoms with Gasteiger partial charge in [0.2, 0.25) is 0 Å². The number of likely N-dealkylation sites (N-methyl/N-ethyl adjacent to an activating group) is 1. The Bertz CT molecular complexity index is 806. The van der Waals surface area contributed by atoms with Crippen molar-refractivity contribution in [2.24, 2.45) is 0 Å². The van der Waals surface area contributed by atoms with Crippen LogP contribution in [0.25, 0.3) is 0 Å². The molecular weight excluding hydrogens is 496 g/mol. The second-order valence-electron chi connectivity index (χ2n) is 6.12. The molecule has 1 heterocycles. The molecule has 0 atom stereocenters. The van der Waals surface area contributed by atoms with Crippen molar-refractivity contribution in [3.63, 3.8) is 0 Å². The maximum absolute atomic E-state index is 11.5. The van der Waals surface area contributed by atoms with E-state index in [1.165, 1.54) is 0 Å². The summed E-state index contributed by atoms with van der Waals surface area (Å²) in [6.07, 6.45) is 1.38. The van der Waals surface area contributed by atoms with Gasteiger partial charge in [0.05, 0.1) is 5.75 Å². The van der Waals surface area contributed by atoms with Gasteiger partial charge in [0, 0.05) is 26.2 Å². The number of hydrogen-bond donors (Lipinski definition) is 2. The minimum atomic E-state index is -6.60. The van der Waals surface area contributed by atoms with Crippen LogP contribution in [0.5, 0.6) is 0 Å². The van der Waals surface area contributed by atoms with Gasteiger partial charge in [0.15, 0.2) is 0 Å². The lowest BCUT2D eigenvalue weighted by Gasteiger charge is -2.32. The first-order valence-corrected chi connectivity index (χ1v) is 12.5. The highest BCUT2D eigenvalue weighted by Crippen LogP contribution is 2.27. The maximum Gasteiger partial charge on any atom is 0.512 e. The van der Waals surface area contributed by atoms with Crippen molar-refractivity contribution >= 4 is 30.2 Å². The van der Waals surface area contributed by atoms with E-state index in [1.54, 1.807) is 0 Å². The normalized spacial score (nSPS) is 18.0. The second kappa shape index (κ2) is 10.7. The first-order valence-electron chi connectivity index (χ1n) is 7.95. The summed E-state index contributed by atoms with van der Waals surface area (Å²) in [4.78, 5) is 4.62. The van der Waals surface area contributed by atoms with Crippen LogP contribution >= 0.6 is 0 Å². The van der Waals surface area contributed by atoms with E-state index in [9.17, 15) is 51.6 Å². The number of alkyl halides is 6.